The van der Waals surface area contributed by atoms with E-state index in [4.69, 9.17) is 12.2 Å². The molecular formula is C110H160N20O20. The third-order valence-electron chi connectivity index (χ3n) is 32.6. The summed E-state index contributed by atoms with van der Waals surface area (Å²) in [5.41, 5.74) is 1.68. The Kier molecular flexibility index (Phi) is 35.5. The van der Waals surface area contributed by atoms with Crippen molar-refractivity contribution in [1.29, 1.82) is 0 Å². The fourth-order valence-electron chi connectivity index (χ4n) is 22.2. The predicted octanol–water partition coefficient (Wildman–Crippen LogP) is 6.84. The number of hydrogen-bond donors (Lipinski definition) is 12. The van der Waals surface area contributed by atoms with Gasteiger partial charge in [0.1, 0.15) is 36.3 Å². The molecule has 18 atom stereocenters. The first-order chi connectivity index (χ1) is 69.6. The van der Waals surface area contributed by atoms with Crippen LogP contribution in [0.15, 0.2) is 62.2 Å². The lowest BCUT2D eigenvalue weighted by Gasteiger charge is -2.40. The van der Waals surface area contributed by atoms with E-state index in [2.05, 4.69) is 87.5 Å². The molecule has 40 heteroatoms. The molecule has 5 saturated carbocycles. The van der Waals surface area contributed by atoms with Crippen LogP contribution in [-0.4, -0.2) is 289 Å². The first-order valence-corrected chi connectivity index (χ1v) is 52.6. The van der Waals surface area contributed by atoms with Crippen LogP contribution in [0.3, 0.4) is 0 Å². The van der Waals surface area contributed by atoms with Gasteiger partial charge in [0.15, 0.2) is 0 Å². The summed E-state index contributed by atoms with van der Waals surface area (Å²) < 4.78 is 0. The second-order valence-electron chi connectivity index (χ2n) is 50.8. The van der Waals surface area contributed by atoms with Gasteiger partial charge in [-0.05, 0) is 140 Å². The SMILES string of the molecule is C#CCCC(NC(=O)[C@@H]1[C@@H]2[C@H](CN1C(=O)[C@@H](NC(=O)N[C@H](CN1CCCCC1=O)C(C)(C)C)C(C)(C)C)C2(C)C)C(=O)C(=O)NCC=C.C=CCNC(=O)C(=O)C(CC1CC1)NC(=O)[C@@H]1[C@@H]2[C@H](CN1C(=O)[C@@H](NC(=O)N[C@H](CN1C(=O)c3ccncc3C1=O)C(C)(C)C)C(C)(C)C)C2(C)C.CC(C)(C)[C@H](NC(=O)N[C@H](CN1C(=O)c2ccncc2C1=O)C(C)(C)C)C(=O)N1C[C@H]2[C@@H]([C@H]1C(=O)NC(CC1CCC1)C(=O)C(N)=O)C2(C)C. The van der Waals surface area contributed by atoms with Crippen molar-refractivity contribution in [2.45, 2.75) is 316 Å². The molecular weight excluding hydrogens is 1920 g/mol. The van der Waals surface area contributed by atoms with Gasteiger partial charge in [-0.2, -0.15) is 0 Å². The number of Topliss-reactive ketones (excluding diaryl/α,β-unsaturated/α-hetero) is 3. The zero-order valence-corrected chi connectivity index (χ0v) is 91.8. The molecule has 13 rings (SSSR count). The summed E-state index contributed by atoms with van der Waals surface area (Å²) in [6.07, 6.45) is 21.7. The molecule has 2 aromatic rings. The number of amides is 20. The van der Waals surface area contributed by atoms with Crippen LogP contribution in [0.25, 0.3) is 0 Å². The minimum absolute atomic E-state index is 0.0358. The van der Waals surface area contributed by atoms with E-state index in [0.29, 0.717) is 52.0 Å². The number of primary amides is 1. The van der Waals surface area contributed by atoms with E-state index in [-0.39, 0.29) is 142 Å². The van der Waals surface area contributed by atoms with Crippen molar-refractivity contribution in [3.8, 4) is 12.3 Å². The second-order valence-corrected chi connectivity index (χ2v) is 50.8. The fraction of sp³-hybridized carbons (Fsp3) is 0.673. The number of nitrogens with two attached hydrogens (primary N) is 1. The second kappa shape index (κ2) is 45.4. The minimum Gasteiger partial charge on any atom is -0.363 e. The van der Waals surface area contributed by atoms with Gasteiger partial charge in [0.05, 0.1) is 71.6 Å². The van der Waals surface area contributed by atoms with Gasteiger partial charge in [-0.25, -0.2) is 14.4 Å². The Morgan fingerprint density at radius 1 is 0.433 bits per heavy atom. The molecule has 0 aromatic carbocycles. The molecule has 2 aromatic heterocycles. The average molecular weight is 2080 g/mol. The van der Waals surface area contributed by atoms with Crippen LogP contribution >= 0.6 is 0 Å². The molecule has 13 N–H and O–H groups in total. The van der Waals surface area contributed by atoms with Gasteiger partial charge >= 0.3 is 18.1 Å². The maximum atomic E-state index is 14.5. The van der Waals surface area contributed by atoms with Crippen LogP contribution < -0.4 is 64.2 Å². The smallest absolute Gasteiger partial charge is 0.315 e. The Balaban J connectivity index is 0.000000214. The summed E-state index contributed by atoms with van der Waals surface area (Å²) in [5.74, 6) is -7.41. The number of imide groups is 2. The van der Waals surface area contributed by atoms with Gasteiger partial charge in [-0.3, -0.25) is 101 Å². The van der Waals surface area contributed by atoms with Crippen LogP contribution in [0.4, 0.5) is 14.4 Å². The number of rotatable bonds is 37. The third kappa shape index (κ3) is 26.5. The summed E-state index contributed by atoms with van der Waals surface area (Å²) in [6, 6.07) is -9.78. The third-order valence-corrected chi connectivity index (χ3v) is 32.6. The van der Waals surface area contributed by atoms with E-state index in [1.807, 2.05) is 145 Å². The number of urea groups is 3. The van der Waals surface area contributed by atoms with E-state index < -0.39 is 206 Å². The van der Waals surface area contributed by atoms with Crippen molar-refractivity contribution in [3.05, 3.63) is 84.5 Å². The average Bonchev–Trinajstić information content (AvgIpc) is 1.53. The number of nitrogens with one attached hydrogen (secondary N) is 11. The van der Waals surface area contributed by atoms with Crippen LogP contribution in [-0.2, 0) is 62.3 Å². The quantitative estimate of drug-likeness (QED) is 0.0142. The monoisotopic (exact) mass is 2080 g/mol. The maximum absolute atomic E-state index is 14.5. The van der Waals surface area contributed by atoms with Gasteiger partial charge in [-0.1, -0.05) is 210 Å². The number of carbonyl (C=O) groups excluding carboxylic acids is 20. The molecule has 40 nitrogen and oxygen atoms in total. The number of piperidine rings is 4. The van der Waals surface area contributed by atoms with Crippen LogP contribution in [0, 0.1) is 108 Å². The van der Waals surface area contributed by atoms with Gasteiger partial charge in [-0.15, -0.1) is 25.5 Å². The highest BCUT2D eigenvalue weighted by Gasteiger charge is 2.73. The number of terminal acetylenes is 1. The van der Waals surface area contributed by atoms with Crippen molar-refractivity contribution >= 4 is 118 Å². The molecule has 0 radical (unpaired) electrons. The molecule has 4 saturated heterocycles. The van der Waals surface area contributed by atoms with E-state index in [1.54, 1.807) is 25.7 Å². The van der Waals surface area contributed by atoms with Gasteiger partial charge < -0.3 is 83.8 Å². The number of ketones is 3. The molecule has 11 aliphatic rings. The van der Waals surface area contributed by atoms with E-state index in [1.165, 1.54) is 63.8 Å². The van der Waals surface area contributed by atoms with Gasteiger partial charge in [0.2, 0.25) is 58.7 Å². The largest absolute Gasteiger partial charge is 0.363 e. The minimum atomic E-state index is -1.17. The van der Waals surface area contributed by atoms with E-state index in [9.17, 15) is 95.9 Å². The Bertz CT molecular complexity index is 5600. The molecule has 150 heavy (non-hydrogen) atoms. The highest BCUT2D eigenvalue weighted by Crippen LogP contribution is 2.67. The Morgan fingerprint density at radius 2 is 0.760 bits per heavy atom. The summed E-state index contributed by atoms with van der Waals surface area (Å²) in [4.78, 5) is 284. The topological polar surface area (TPSA) is 545 Å². The zero-order chi connectivity index (χ0) is 112. The van der Waals surface area contributed by atoms with Crippen LogP contribution in [0.5, 0.6) is 0 Å². The molecule has 20 amide bonds. The van der Waals surface area contributed by atoms with E-state index in [0.717, 1.165) is 54.7 Å². The van der Waals surface area contributed by atoms with Crippen molar-refractivity contribution in [2.75, 3.05) is 58.9 Å². The molecule has 3 unspecified atom stereocenters. The lowest BCUT2D eigenvalue weighted by atomic mass is 9.80. The standard InChI is InChI=1S/C38H53N7O7.C36H51N7O7.C36H56N6O6/c1-10-14-40-31(48)28(46)24(16-20-11-12-20)41-30(47)27-26-23(38(26,8)9)18-44(27)34(51)29(37(5,6)7)43-35(52)42-25(36(2,3)4)19-45-32(49)21-13-15-39-17-22(21)33(45)50;1-34(2,3)23(17-43-30(47)19-12-13-38-15-20(19)31(43)48)40-33(50)41-27(35(4,5)6)32(49)42-16-21-24(36(21,7)8)25(42)29(46)39-22(26(44)28(37)45)14-18-10-9-11-18;1-11-13-16-23(28(44)31(46)37-18-12-2)38-30(45)27-26-22(36(26,9)10)20-42(27)32(47)29(35(6,7)8)40-33(48)39-24(34(3,4)5)21-41-19-15-14-17-25(41)43/h10,13,15,17,20,23-27,29H,1,11-12,14,16,18-19H2,2-9H3,(H,40,48)(H,41,47)(H2,42,43,52);12-13,15,18,21-25,27H,9-11,14,16-17H2,1-8H3,(H2,37,45)(H,39,46)(H2,40,41,50);1,12,22-24,26-27,29H,2,13-21H2,3-10H3,(H,37,46)(H,38,45)(H2,39,40,48)/t23-,24?,25+,26-,27-,29+;21-,22?,23+,24-,25-,27+;22-,23?,24+,26-,27-,29+/m000/s1. The lowest BCUT2D eigenvalue weighted by molar-refractivity contribution is -0.145. The highest BCUT2D eigenvalue weighted by molar-refractivity contribution is 6.39. The van der Waals surface area contributed by atoms with Gasteiger partial charge in [0.25, 0.3) is 41.4 Å². The first-order valence-electron chi connectivity index (χ1n) is 52.6. The van der Waals surface area contributed by atoms with Gasteiger partial charge in [0, 0.05) is 83.4 Å². The van der Waals surface area contributed by atoms with Crippen molar-refractivity contribution in [3.63, 3.8) is 0 Å². The Labute approximate surface area is 880 Å². The number of carbonyl (C=O) groups is 20. The summed E-state index contributed by atoms with van der Waals surface area (Å²) in [7, 11) is 0. The maximum Gasteiger partial charge on any atom is 0.315 e. The molecule has 820 valence electrons. The predicted molar refractivity (Wildman–Crippen MR) is 557 cm³/mol. The number of hydrogen-bond acceptors (Lipinski definition) is 22. The molecule has 0 bridgehead atoms. The zero-order valence-electron chi connectivity index (χ0n) is 91.8. The highest BCUT2D eigenvalue weighted by atomic mass is 16.2. The Morgan fingerprint density at radius 3 is 1.06 bits per heavy atom. The van der Waals surface area contributed by atoms with Crippen molar-refractivity contribution in [1.82, 2.24) is 97.9 Å². The summed E-state index contributed by atoms with van der Waals surface area (Å²) in [6.45, 7) is 54.8. The number of nitrogens with zero attached hydrogens (tertiary/aromatic N) is 8. The van der Waals surface area contributed by atoms with E-state index >= 15 is 0 Å². The summed E-state index contributed by atoms with van der Waals surface area (Å²) >= 11 is 0. The molecule has 6 aliphatic heterocycles. The first kappa shape index (κ1) is 117. The van der Waals surface area contributed by atoms with Crippen LogP contribution in [0.2, 0.25) is 0 Å². The van der Waals surface area contributed by atoms with Crippen LogP contribution in [0.1, 0.15) is 285 Å². The number of pyridine rings is 2. The Hall–Kier alpha value is -12.9. The van der Waals surface area contributed by atoms with Crippen molar-refractivity contribution in [2.24, 2.45) is 102 Å². The fourth-order valence-corrected chi connectivity index (χ4v) is 22.2. The number of likely N-dealkylation sites (tertiary alicyclic amines) is 4. The number of fused-ring (bicyclic) bond motifs is 5. The molecule has 9 fully saturated rings. The van der Waals surface area contributed by atoms with Crippen molar-refractivity contribution < 1.29 is 95.9 Å². The lowest BCUT2D eigenvalue weighted by Crippen LogP contribution is -2.63. The molecule has 0 spiro atoms. The molecule has 5 aliphatic carbocycles. The number of aromatic nitrogens is 2. The normalized spacial score (nSPS) is 23.8. The summed E-state index contributed by atoms with van der Waals surface area (Å²) in [5, 5.41) is 30.7. The molecule has 8 heterocycles.